The highest BCUT2D eigenvalue weighted by molar-refractivity contribution is 9.11. The molecule has 0 fully saturated rings. The first-order valence-corrected chi connectivity index (χ1v) is 12.7. The van der Waals surface area contributed by atoms with E-state index in [0.717, 1.165) is 32.2 Å². The van der Waals surface area contributed by atoms with Crippen molar-refractivity contribution < 1.29 is 8.42 Å². The van der Waals surface area contributed by atoms with Gasteiger partial charge in [-0.3, -0.25) is 4.72 Å². The monoisotopic (exact) mass is 529 g/mol. The predicted octanol–water partition coefficient (Wildman–Crippen LogP) is 6.21. The van der Waals surface area contributed by atoms with Gasteiger partial charge < -0.3 is 10.6 Å². The van der Waals surface area contributed by atoms with E-state index in [2.05, 4.69) is 41.3 Å². The molecular weight excluding hydrogens is 510 g/mol. The van der Waals surface area contributed by atoms with Gasteiger partial charge in [-0.15, -0.1) is 11.3 Å². The molecule has 2 heterocycles. The first-order chi connectivity index (χ1) is 15.3. The van der Waals surface area contributed by atoms with Crippen molar-refractivity contribution in [1.82, 2.24) is 9.97 Å². The molecule has 3 N–H and O–H groups in total. The largest absolute Gasteiger partial charge is 0.340 e. The third-order valence-electron chi connectivity index (χ3n) is 4.38. The van der Waals surface area contributed by atoms with E-state index in [1.165, 1.54) is 5.56 Å². The van der Waals surface area contributed by atoms with Crippen molar-refractivity contribution >= 4 is 66.1 Å². The van der Waals surface area contributed by atoms with Gasteiger partial charge in [0.05, 0.1) is 3.79 Å². The zero-order valence-corrected chi connectivity index (χ0v) is 20.5. The number of thiophene rings is 1. The highest BCUT2D eigenvalue weighted by Crippen LogP contribution is 2.28. The molecule has 0 aliphatic carbocycles. The highest BCUT2D eigenvalue weighted by Gasteiger charge is 2.16. The highest BCUT2D eigenvalue weighted by atomic mass is 79.9. The number of benzene rings is 2. The molecule has 0 radical (unpaired) electrons. The molecule has 0 atom stereocenters. The van der Waals surface area contributed by atoms with Crippen LogP contribution in [0.15, 0.2) is 74.7 Å². The van der Waals surface area contributed by atoms with Gasteiger partial charge in [0.15, 0.2) is 0 Å². The Morgan fingerprint density at radius 3 is 2.09 bits per heavy atom. The Labute approximate surface area is 199 Å². The van der Waals surface area contributed by atoms with Gasteiger partial charge in [0, 0.05) is 28.8 Å². The second kappa shape index (κ2) is 9.27. The second-order valence-corrected chi connectivity index (χ2v) is 11.4. The van der Waals surface area contributed by atoms with Crippen LogP contribution in [0.3, 0.4) is 0 Å². The third-order valence-corrected chi connectivity index (χ3v) is 7.88. The summed E-state index contributed by atoms with van der Waals surface area (Å²) in [6.45, 7) is 3.93. The van der Waals surface area contributed by atoms with Gasteiger partial charge in [-0.2, -0.15) is 4.98 Å². The van der Waals surface area contributed by atoms with Crippen LogP contribution < -0.4 is 15.4 Å². The van der Waals surface area contributed by atoms with Gasteiger partial charge in [-0.1, -0.05) is 17.7 Å². The van der Waals surface area contributed by atoms with Gasteiger partial charge in [0.1, 0.15) is 10.0 Å². The molecule has 7 nitrogen and oxygen atoms in total. The molecule has 32 heavy (non-hydrogen) atoms. The number of aryl methyl sites for hydroxylation is 2. The number of halogens is 1. The van der Waals surface area contributed by atoms with E-state index < -0.39 is 10.0 Å². The molecule has 0 spiro atoms. The standard InChI is InChI=1S/C22H20BrN5O2S2/c1-14-3-5-17(6-4-14)26-22-24-15(2)13-20(27-22)25-16-7-9-18(10-8-16)28-32(29,30)21-12-11-19(23)31-21/h3-13,28H,1-2H3,(H2,24,25,26,27). The zero-order valence-electron chi connectivity index (χ0n) is 17.3. The maximum atomic E-state index is 12.5. The topological polar surface area (TPSA) is 96.0 Å². The van der Waals surface area contributed by atoms with E-state index in [0.29, 0.717) is 17.5 Å². The number of nitrogens with one attached hydrogen (secondary N) is 3. The van der Waals surface area contributed by atoms with Gasteiger partial charge in [0.2, 0.25) is 5.95 Å². The first kappa shape index (κ1) is 22.3. The SMILES string of the molecule is Cc1ccc(Nc2nc(C)cc(Nc3ccc(NS(=O)(=O)c4ccc(Br)s4)cc3)n2)cc1. The summed E-state index contributed by atoms with van der Waals surface area (Å²) in [7, 11) is -3.62. The van der Waals surface area contributed by atoms with E-state index in [1.807, 2.05) is 44.2 Å². The van der Waals surface area contributed by atoms with Crippen LogP contribution in [0.5, 0.6) is 0 Å². The molecule has 0 amide bonds. The molecule has 0 aliphatic rings. The fraction of sp³-hybridized carbons (Fsp3) is 0.0909. The average Bonchev–Trinajstić information content (AvgIpc) is 3.18. The third kappa shape index (κ3) is 5.64. The predicted molar refractivity (Wildman–Crippen MR) is 134 cm³/mol. The van der Waals surface area contributed by atoms with Crippen LogP contribution in [0, 0.1) is 13.8 Å². The number of hydrogen-bond acceptors (Lipinski definition) is 7. The molecule has 4 rings (SSSR count). The summed E-state index contributed by atoms with van der Waals surface area (Å²) in [5, 5.41) is 6.44. The minimum Gasteiger partial charge on any atom is -0.340 e. The van der Waals surface area contributed by atoms with E-state index in [-0.39, 0.29) is 4.21 Å². The number of anilines is 5. The van der Waals surface area contributed by atoms with Crippen LogP contribution in [0.2, 0.25) is 0 Å². The normalized spacial score (nSPS) is 11.2. The van der Waals surface area contributed by atoms with Crippen molar-refractivity contribution in [2.24, 2.45) is 0 Å². The van der Waals surface area contributed by atoms with Crippen molar-refractivity contribution in [2.75, 3.05) is 15.4 Å². The van der Waals surface area contributed by atoms with Crippen LogP contribution in [0.25, 0.3) is 0 Å². The van der Waals surface area contributed by atoms with Gasteiger partial charge in [-0.25, -0.2) is 13.4 Å². The number of aromatic nitrogens is 2. The lowest BCUT2D eigenvalue weighted by atomic mass is 10.2. The molecule has 0 saturated heterocycles. The van der Waals surface area contributed by atoms with E-state index in [4.69, 9.17) is 0 Å². The second-order valence-electron chi connectivity index (χ2n) is 7.08. The lowest BCUT2D eigenvalue weighted by Crippen LogP contribution is -2.11. The molecule has 2 aromatic carbocycles. The minimum absolute atomic E-state index is 0.247. The number of nitrogens with zero attached hydrogens (tertiary/aromatic N) is 2. The van der Waals surface area contributed by atoms with Crippen LogP contribution in [0.1, 0.15) is 11.3 Å². The smallest absolute Gasteiger partial charge is 0.271 e. The van der Waals surface area contributed by atoms with Crippen LogP contribution in [-0.2, 0) is 10.0 Å². The van der Waals surface area contributed by atoms with E-state index in [1.54, 1.807) is 36.4 Å². The molecule has 164 valence electrons. The Hall–Kier alpha value is -2.95. The Balaban J connectivity index is 1.46. The Kier molecular flexibility index (Phi) is 6.45. The van der Waals surface area contributed by atoms with Crippen LogP contribution in [-0.4, -0.2) is 18.4 Å². The van der Waals surface area contributed by atoms with Crippen LogP contribution in [0.4, 0.5) is 28.8 Å². The summed E-state index contributed by atoms with van der Waals surface area (Å²) < 4.78 is 28.5. The molecule has 0 unspecified atom stereocenters. The summed E-state index contributed by atoms with van der Waals surface area (Å²) in [5.41, 5.74) is 4.13. The van der Waals surface area contributed by atoms with E-state index >= 15 is 0 Å². The lowest BCUT2D eigenvalue weighted by Gasteiger charge is -2.11. The van der Waals surface area contributed by atoms with Gasteiger partial charge in [0.25, 0.3) is 10.0 Å². The maximum absolute atomic E-state index is 12.5. The van der Waals surface area contributed by atoms with Crippen molar-refractivity contribution in [2.45, 2.75) is 18.1 Å². The molecule has 0 aliphatic heterocycles. The minimum atomic E-state index is -3.62. The van der Waals surface area contributed by atoms with Crippen molar-refractivity contribution in [1.29, 1.82) is 0 Å². The average molecular weight is 530 g/mol. The fourth-order valence-electron chi connectivity index (χ4n) is 2.87. The Morgan fingerprint density at radius 2 is 1.44 bits per heavy atom. The quantitative estimate of drug-likeness (QED) is 0.263. The van der Waals surface area contributed by atoms with Gasteiger partial charge >= 0.3 is 0 Å². The summed E-state index contributed by atoms with van der Waals surface area (Å²) in [6, 6.07) is 20.1. The van der Waals surface area contributed by atoms with Crippen LogP contribution >= 0.6 is 27.3 Å². The molecule has 10 heteroatoms. The molecule has 0 saturated carbocycles. The first-order valence-electron chi connectivity index (χ1n) is 9.61. The lowest BCUT2D eigenvalue weighted by molar-refractivity contribution is 0.603. The summed E-state index contributed by atoms with van der Waals surface area (Å²) in [5.74, 6) is 1.12. The van der Waals surface area contributed by atoms with Crippen molar-refractivity contribution in [3.8, 4) is 0 Å². The molecule has 4 aromatic rings. The van der Waals surface area contributed by atoms with Gasteiger partial charge in [-0.05, 0) is 78.3 Å². The Morgan fingerprint density at radius 1 is 0.812 bits per heavy atom. The molecule has 2 aromatic heterocycles. The van der Waals surface area contributed by atoms with Crippen molar-refractivity contribution in [3.63, 3.8) is 0 Å². The number of hydrogen-bond donors (Lipinski definition) is 3. The maximum Gasteiger partial charge on any atom is 0.271 e. The molecule has 0 bridgehead atoms. The van der Waals surface area contributed by atoms with E-state index in [9.17, 15) is 8.42 Å². The number of sulfonamides is 1. The summed E-state index contributed by atoms with van der Waals surface area (Å²) in [6.07, 6.45) is 0. The number of rotatable bonds is 7. The Bertz CT molecular complexity index is 1340. The van der Waals surface area contributed by atoms with Crippen molar-refractivity contribution in [3.05, 3.63) is 81.8 Å². The molecular formula is C22H20BrN5O2S2. The zero-order chi connectivity index (χ0) is 22.7. The fourth-order valence-corrected chi connectivity index (χ4v) is 5.94. The summed E-state index contributed by atoms with van der Waals surface area (Å²) >= 11 is 4.44. The summed E-state index contributed by atoms with van der Waals surface area (Å²) in [4.78, 5) is 8.96.